The van der Waals surface area contributed by atoms with Gasteiger partial charge in [-0.3, -0.25) is 19.6 Å². The van der Waals surface area contributed by atoms with Crippen molar-refractivity contribution in [2.24, 2.45) is 0 Å². The molecular weight excluding hydrogens is 351 g/mol. The summed E-state index contributed by atoms with van der Waals surface area (Å²) in [5.41, 5.74) is 2.23. The number of hydrogen-bond donors (Lipinski definition) is 1. The third kappa shape index (κ3) is 3.84. The second kappa shape index (κ2) is 7.36. The van der Waals surface area contributed by atoms with E-state index in [1.54, 1.807) is 36.7 Å². The summed E-state index contributed by atoms with van der Waals surface area (Å²) in [6.07, 6.45) is 0. The van der Waals surface area contributed by atoms with E-state index in [9.17, 15) is 19.3 Å². The number of nitrogens with zero attached hydrogens (tertiary/aromatic N) is 3. The van der Waals surface area contributed by atoms with Crippen LogP contribution in [0, 0.1) is 29.8 Å². The fourth-order valence-corrected chi connectivity index (χ4v) is 2.77. The fourth-order valence-electron chi connectivity index (χ4n) is 2.77. The van der Waals surface area contributed by atoms with Gasteiger partial charge in [0.25, 0.3) is 11.6 Å². The monoisotopic (exact) mass is 368 g/mol. The Morgan fingerprint density at radius 2 is 1.96 bits per heavy atom. The first-order chi connectivity index (χ1) is 12.9. The van der Waals surface area contributed by atoms with Crippen LogP contribution in [-0.4, -0.2) is 20.6 Å². The lowest BCUT2D eigenvalue weighted by molar-refractivity contribution is -0.384. The number of anilines is 1. The van der Waals surface area contributed by atoms with Gasteiger partial charge in [0, 0.05) is 23.3 Å². The summed E-state index contributed by atoms with van der Waals surface area (Å²) in [6.45, 7) is 3.73. The number of nitrogens with one attached hydrogen (secondary N) is 1. The highest BCUT2D eigenvalue weighted by atomic mass is 19.1. The molecule has 0 bridgehead atoms. The molecule has 3 aromatic rings. The number of carbonyl (C=O) groups is 1. The second-order valence-electron chi connectivity index (χ2n) is 6.06. The third-order valence-corrected chi connectivity index (χ3v) is 4.22. The highest BCUT2D eigenvalue weighted by Crippen LogP contribution is 2.22. The zero-order chi connectivity index (χ0) is 19.6. The number of amides is 1. The number of non-ortho nitro benzene ring substituents is 1. The summed E-state index contributed by atoms with van der Waals surface area (Å²) in [4.78, 5) is 22.8. The molecule has 0 aliphatic rings. The highest BCUT2D eigenvalue weighted by molar-refractivity contribution is 6.05. The Kier molecular flexibility index (Phi) is 4.98. The van der Waals surface area contributed by atoms with E-state index in [0.717, 1.165) is 0 Å². The highest BCUT2D eigenvalue weighted by Gasteiger charge is 2.17. The van der Waals surface area contributed by atoms with E-state index in [1.165, 1.54) is 30.3 Å². The zero-order valence-electron chi connectivity index (χ0n) is 14.8. The topological polar surface area (TPSA) is 90.1 Å². The number of rotatable bonds is 5. The molecule has 0 saturated carbocycles. The van der Waals surface area contributed by atoms with Gasteiger partial charge in [0.05, 0.1) is 28.5 Å². The van der Waals surface area contributed by atoms with Crippen molar-refractivity contribution >= 4 is 17.3 Å². The Labute approximate surface area is 154 Å². The first-order valence-electron chi connectivity index (χ1n) is 8.20. The molecule has 1 N–H and O–H groups in total. The lowest BCUT2D eigenvalue weighted by atomic mass is 10.2. The smallest absolute Gasteiger partial charge is 0.270 e. The van der Waals surface area contributed by atoms with E-state index in [1.807, 2.05) is 0 Å². The van der Waals surface area contributed by atoms with Crippen molar-refractivity contribution in [3.8, 4) is 0 Å². The number of aromatic nitrogens is 2. The zero-order valence-corrected chi connectivity index (χ0v) is 14.8. The molecule has 8 heteroatoms. The number of carbonyl (C=O) groups excluding carboxylic acids is 1. The molecule has 0 aliphatic heterocycles. The molecule has 3 rings (SSSR count). The Morgan fingerprint density at radius 1 is 1.22 bits per heavy atom. The molecule has 138 valence electrons. The summed E-state index contributed by atoms with van der Waals surface area (Å²) in [6, 6.07) is 11.9. The van der Waals surface area contributed by atoms with E-state index >= 15 is 0 Å². The molecular formula is C19H17FN4O3. The normalized spacial score (nSPS) is 10.6. The maximum Gasteiger partial charge on any atom is 0.270 e. The fraction of sp³-hybridized carbons (Fsp3) is 0.158. The Bertz CT molecular complexity index is 1030. The molecule has 0 unspecified atom stereocenters. The standard InChI is InChI=1S/C19H17FN4O3/c1-12-18(21-19(25)14-7-5-8-16(10-14)24(26)27)13(2)23(22-12)11-15-6-3-4-9-17(15)20/h3-10H,11H2,1-2H3,(H,21,25). The van der Waals surface area contributed by atoms with Gasteiger partial charge >= 0.3 is 0 Å². The van der Waals surface area contributed by atoms with Gasteiger partial charge in [-0.15, -0.1) is 0 Å². The minimum absolute atomic E-state index is 0.161. The minimum Gasteiger partial charge on any atom is -0.319 e. The van der Waals surface area contributed by atoms with Gasteiger partial charge in [0.1, 0.15) is 5.82 Å². The molecule has 1 heterocycles. The summed E-state index contributed by atoms with van der Waals surface area (Å²) < 4.78 is 15.5. The minimum atomic E-state index is -0.556. The molecule has 0 spiro atoms. The van der Waals surface area contributed by atoms with Crippen LogP contribution in [0.5, 0.6) is 0 Å². The molecule has 0 atom stereocenters. The van der Waals surface area contributed by atoms with Crippen LogP contribution in [0.2, 0.25) is 0 Å². The molecule has 1 aromatic heterocycles. The number of benzene rings is 2. The molecule has 0 fully saturated rings. The number of halogens is 1. The van der Waals surface area contributed by atoms with Crippen LogP contribution in [0.3, 0.4) is 0 Å². The predicted octanol–water partition coefficient (Wildman–Crippen LogP) is 3.85. The maximum atomic E-state index is 13.9. The van der Waals surface area contributed by atoms with Crippen molar-refractivity contribution in [1.82, 2.24) is 9.78 Å². The number of nitro groups is 1. The van der Waals surface area contributed by atoms with Crippen LogP contribution >= 0.6 is 0 Å². The molecule has 27 heavy (non-hydrogen) atoms. The quantitative estimate of drug-likeness (QED) is 0.547. The molecule has 7 nitrogen and oxygen atoms in total. The summed E-state index contributed by atoms with van der Waals surface area (Å²) >= 11 is 0. The van der Waals surface area contributed by atoms with Crippen LogP contribution in [-0.2, 0) is 6.54 Å². The lowest BCUT2D eigenvalue weighted by Crippen LogP contribution is -2.13. The SMILES string of the molecule is Cc1nn(Cc2ccccc2F)c(C)c1NC(=O)c1cccc([N+](=O)[O-])c1. The Morgan fingerprint density at radius 3 is 2.67 bits per heavy atom. The molecule has 1 amide bonds. The first kappa shape index (κ1) is 18.2. The predicted molar refractivity (Wildman–Crippen MR) is 98.3 cm³/mol. The average Bonchev–Trinajstić information content (AvgIpc) is 2.91. The number of aryl methyl sites for hydroxylation is 1. The van der Waals surface area contributed by atoms with E-state index in [4.69, 9.17) is 0 Å². The van der Waals surface area contributed by atoms with Crippen molar-refractivity contribution in [2.75, 3.05) is 5.32 Å². The number of nitro benzene ring substituents is 1. The molecule has 0 radical (unpaired) electrons. The third-order valence-electron chi connectivity index (χ3n) is 4.22. The van der Waals surface area contributed by atoms with Crippen molar-refractivity contribution in [3.05, 3.63) is 87.0 Å². The van der Waals surface area contributed by atoms with Gasteiger partial charge in [-0.05, 0) is 26.0 Å². The van der Waals surface area contributed by atoms with Gasteiger partial charge in [0.15, 0.2) is 0 Å². The number of hydrogen-bond acceptors (Lipinski definition) is 4. The maximum absolute atomic E-state index is 13.9. The lowest BCUT2D eigenvalue weighted by Gasteiger charge is -2.08. The van der Waals surface area contributed by atoms with Gasteiger partial charge in [-0.1, -0.05) is 24.3 Å². The van der Waals surface area contributed by atoms with Crippen LogP contribution in [0.4, 0.5) is 15.8 Å². The van der Waals surface area contributed by atoms with Crippen molar-refractivity contribution in [2.45, 2.75) is 20.4 Å². The van der Waals surface area contributed by atoms with E-state index in [0.29, 0.717) is 22.6 Å². The van der Waals surface area contributed by atoms with Crippen molar-refractivity contribution < 1.29 is 14.1 Å². The van der Waals surface area contributed by atoms with Crippen molar-refractivity contribution in [3.63, 3.8) is 0 Å². The van der Waals surface area contributed by atoms with Crippen LogP contribution < -0.4 is 5.32 Å². The molecule has 0 saturated heterocycles. The largest absolute Gasteiger partial charge is 0.319 e. The van der Waals surface area contributed by atoms with E-state index < -0.39 is 10.8 Å². The summed E-state index contributed by atoms with van der Waals surface area (Å²) in [7, 11) is 0. The Balaban J connectivity index is 1.85. The average molecular weight is 368 g/mol. The van der Waals surface area contributed by atoms with Gasteiger partial charge < -0.3 is 5.32 Å². The molecule has 2 aromatic carbocycles. The Hall–Kier alpha value is -3.55. The van der Waals surface area contributed by atoms with E-state index in [2.05, 4.69) is 10.4 Å². The van der Waals surface area contributed by atoms with Crippen LogP contribution in [0.1, 0.15) is 27.3 Å². The summed E-state index contributed by atoms with van der Waals surface area (Å²) in [5.74, 6) is -0.803. The first-order valence-corrected chi connectivity index (χ1v) is 8.20. The van der Waals surface area contributed by atoms with Gasteiger partial charge in [-0.25, -0.2) is 4.39 Å². The summed E-state index contributed by atoms with van der Waals surface area (Å²) in [5, 5.41) is 18.0. The van der Waals surface area contributed by atoms with Gasteiger partial charge in [0.2, 0.25) is 0 Å². The van der Waals surface area contributed by atoms with E-state index in [-0.39, 0.29) is 23.6 Å². The van der Waals surface area contributed by atoms with Crippen LogP contribution in [0.25, 0.3) is 0 Å². The molecule has 0 aliphatic carbocycles. The van der Waals surface area contributed by atoms with Crippen molar-refractivity contribution in [1.29, 1.82) is 0 Å². The van der Waals surface area contributed by atoms with Gasteiger partial charge in [-0.2, -0.15) is 5.10 Å². The van der Waals surface area contributed by atoms with Crippen LogP contribution in [0.15, 0.2) is 48.5 Å². The second-order valence-corrected chi connectivity index (χ2v) is 6.06.